The highest BCUT2D eigenvalue weighted by molar-refractivity contribution is 5.66. The second-order valence-electron chi connectivity index (χ2n) is 6.62. The Morgan fingerprint density at radius 2 is 1.60 bits per heavy atom. The maximum atomic E-state index is 13.1. The fourth-order valence-corrected chi connectivity index (χ4v) is 2.90. The molecule has 0 atom stereocenters. The number of nitrogens with zero attached hydrogens (tertiary/aromatic N) is 3. The van der Waals surface area contributed by atoms with Gasteiger partial charge in [-0.3, -0.25) is 0 Å². The molecule has 0 saturated carbocycles. The second-order valence-corrected chi connectivity index (χ2v) is 6.62. The van der Waals surface area contributed by atoms with Crippen molar-refractivity contribution < 1.29 is 4.39 Å². The largest absolute Gasteiger partial charge is 0.366 e. The van der Waals surface area contributed by atoms with Crippen LogP contribution in [0.2, 0.25) is 0 Å². The zero-order valence-corrected chi connectivity index (χ0v) is 16.0. The summed E-state index contributed by atoms with van der Waals surface area (Å²) in [5.41, 5.74) is 4.04. The summed E-state index contributed by atoms with van der Waals surface area (Å²) in [7, 11) is 0. The van der Waals surface area contributed by atoms with Crippen molar-refractivity contribution in [2.24, 2.45) is 0 Å². The van der Waals surface area contributed by atoms with E-state index in [2.05, 4.69) is 26.7 Å². The van der Waals surface area contributed by atoms with Crippen molar-refractivity contribution in [2.75, 3.05) is 10.6 Å². The smallest absolute Gasteiger partial charge is 0.229 e. The van der Waals surface area contributed by atoms with Gasteiger partial charge in [0.05, 0.1) is 17.3 Å². The van der Waals surface area contributed by atoms with E-state index < -0.39 is 0 Å². The van der Waals surface area contributed by atoms with Crippen molar-refractivity contribution in [1.29, 1.82) is 5.26 Å². The molecule has 0 saturated heterocycles. The molecule has 0 amide bonds. The highest BCUT2D eigenvalue weighted by atomic mass is 19.1. The number of hydrogen-bond acceptors (Lipinski definition) is 5. The number of anilines is 3. The number of nitriles is 1. The molecule has 146 valence electrons. The van der Waals surface area contributed by atoms with E-state index >= 15 is 0 Å². The lowest BCUT2D eigenvalue weighted by Crippen LogP contribution is -2.05. The first-order valence-corrected chi connectivity index (χ1v) is 9.39. The van der Waals surface area contributed by atoms with E-state index in [-0.39, 0.29) is 5.82 Å². The van der Waals surface area contributed by atoms with Crippen molar-refractivity contribution in [3.8, 4) is 17.3 Å². The van der Waals surface area contributed by atoms with Gasteiger partial charge in [-0.1, -0.05) is 42.5 Å². The first-order chi connectivity index (χ1) is 14.7. The van der Waals surface area contributed by atoms with Crippen LogP contribution in [0.15, 0.2) is 84.9 Å². The molecule has 0 radical (unpaired) electrons. The molecule has 6 heteroatoms. The van der Waals surface area contributed by atoms with Crippen LogP contribution in [0.4, 0.5) is 21.8 Å². The molecular weight excluding hydrogens is 377 g/mol. The molecule has 4 rings (SSSR count). The molecule has 3 aromatic carbocycles. The molecule has 0 spiro atoms. The molecule has 4 aromatic rings. The van der Waals surface area contributed by atoms with Crippen molar-refractivity contribution in [2.45, 2.75) is 6.54 Å². The van der Waals surface area contributed by atoms with E-state index in [0.717, 1.165) is 22.5 Å². The number of nitrogens with one attached hydrogen (secondary N) is 2. The van der Waals surface area contributed by atoms with Gasteiger partial charge < -0.3 is 10.6 Å². The number of benzene rings is 3. The molecule has 2 N–H and O–H groups in total. The summed E-state index contributed by atoms with van der Waals surface area (Å²) in [4.78, 5) is 9.19. The third kappa shape index (κ3) is 4.78. The van der Waals surface area contributed by atoms with Gasteiger partial charge in [-0.05, 0) is 42.0 Å². The molecule has 5 nitrogen and oxygen atoms in total. The Balaban J connectivity index is 1.61. The van der Waals surface area contributed by atoms with Gasteiger partial charge in [0.25, 0.3) is 0 Å². The Hall–Kier alpha value is -4.24. The lowest BCUT2D eigenvalue weighted by atomic mass is 10.1. The topological polar surface area (TPSA) is 73.6 Å². The fraction of sp³-hybridized carbons (Fsp3) is 0.0417. The van der Waals surface area contributed by atoms with Crippen molar-refractivity contribution in [3.05, 3.63) is 102 Å². The van der Waals surface area contributed by atoms with Crippen molar-refractivity contribution in [1.82, 2.24) is 9.97 Å². The van der Waals surface area contributed by atoms with Crippen LogP contribution >= 0.6 is 0 Å². The number of rotatable bonds is 6. The summed E-state index contributed by atoms with van der Waals surface area (Å²) in [6, 6.07) is 27.2. The monoisotopic (exact) mass is 395 g/mol. The van der Waals surface area contributed by atoms with Crippen LogP contribution in [-0.2, 0) is 6.54 Å². The lowest BCUT2D eigenvalue weighted by molar-refractivity contribution is 0.627. The Bertz CT molecular complexity index is 1170. The lowest BCUT2D eigenvalue weighted by Gasteiger charge is -2.12. The summed E-state index contributed by atoms with van der Waals surface area (Å²) < 4.78 is 13.1. The third-order valence-electron chi connectivity index (χ3n) is 4.45. The first kappa shape index (κ1) is 19.1. The molecule has 30 heavy (non-hydrogen) atoms. The van der Waals surface area contributed by atoms with Gasteiger partial charge in [0.2, 0.25) is 5.95 Å². The maximum absolute atomic E-state index is 13.1. The molecule has 0 unspecified atom stereocenters. The number of aromatic nitrogens is 2. The second kappa shape index (κ2) is 8.84. The molecule has 0 bridgehead atoms. The van der Waals surface area contributed by atoms with Crippen LogP contribution in [0.1, 0.15) is 11.1 Å². The minimum Gasteiger partial charge on any atom is -0.366 e. The van der Waals surface area contributed by atoms with Crippen molar-refractivity contribution in [3.63, 3.8) is 0 Å². The van der Waals surface area contributed by atoms with Crippen LogP contribution in [0.5, 0.6) is 0 Å². The van der Waals surface area contributed by atoms with Crippen LogP contribution in [0.3, 0.4) is 0 Å². The van der Waals surface area contributed by atoms with Gasteiger partial charge in [0.1, 0.15) is 11.6 Å². The molecule has 1 aromatic heterocycles. The molecule has 1 heterocycles. The summed E-state index contributed by atoms with van der Waals surface area (Å²) in [5, 5.41) is 15.4. The normalized spacial score (nSPS) is 10.3. The third-order valence-corrected chi connectivity index (χ3v) is 4.45. The van der Waals surface area contributed by atoms with Crippen LogP contribution in [0, 0.1) is 17.1 Å². The quantitative estimate of drug-likeness (QED) is 0.450. The number of hydrogen-bond donors (Lipinski definition) is 2. The average Bonchev–Trinajstić information content (AvgIpc) is 2.80. The standard InChI is InChI=1S/C24H18FN5/c25-20-10-6-18(7-11-20)16-27-23-14-22(19-4-2-1-3-5-19)29-24(30-23)28-21-12-8-17(15-26)9-13-21/h1-14H,16H2,(H2,27,28,29,30). The summed E-state index contributed by atoms with van der Waals surface area (Å²) >= 11 is 0. The zero-order valence-electron chi connectivity index (χ0n) is 16.0. The minimum atomic E-state index is -0.263. The van der Waals surface area contributed by atoms with Gasteiger partial charge in [0.15, 0.2) is 0 Å². The van der Waals surface area contributed by atoms with E-state index in [1.165, 1.54) is 12.1 Å². The maximum Gasteiger partial charge on any atom is 0.229 e. The molecule has 0 aliphatic heterocycles. The first-order valence-electron chi connectivity index (χ1n) is 9.39. The Kier molecular flexibility index (Phi) is 5.63. The van der Waals surface area contributed by atoms with E-state index in [1.807, 2.05) is 48.5 Å². The van der Waals surface area contributed by atoms with Gasteiger partial charge in [-0.25, -0.2) is 9.37 Å². The Morgan fingerprint density at radius 1 is 0.867 bits per heavy atom. The minimum absolute atomic E-state index is 0.263. The van der Waals surface area contributed by atoms with Gasteiger partial charge >= 0.3 is 0 Å². The van der Waals surface area contributed by atoms with E-state index in [0.29, 0.717) is 23.9 Å². The number of halogens is 1. The average molecular weight is 395 g/mol. The summed E-state index contributed by atoms with van der Waals surface area (Å²) in [6.45, 7) is 0.502. The van der Waals surface area contributed by atoms with Gasteiger partial charge in [-0.2, -0.15) is 10.2 Å². The predicted octanol–water partition coefficient (Wildman–Crippen LogP) is 5.51. The fourth-order valence-electron chi connectivity index (χ4n) is 2.90. The van der Waals surface area contributed by atoms with Crippen molar-refractivity contribution >= 4 is 17.5 Å². The van der Waals surface area contributed by atoms with Gasteiger partial charge in [-0.15, -0.1) is 0 Å². The predicted molar refractivity (Wildman–Crippen MR) is 116 cm³/mol. The molecular formula is C24H18FN5. The zero-order chi connectivity index (χ0) is 20.8. The summed E-state index contributed by atoms with van der Waals surface area (Å²) in [6.07, 6.45) is 0. The van der Waals surface area contributed by atoms with Crippen LogP contribution in [0.25, 0.3) is 11.3 Å². The van der Waals surface area contributed by atoms with E-state index in [1.54, 1.807) is 24.3 Å². The Labute approximate surface area is 173 Å². The van der Waals surface area contributed by atoms with E-state index in [4.69, 9.17) is 5.26 Å². The highest BCUT2D eigenvalue weighted by Gasteiger charge is 2.08. The molecule has 0 fully saturated rings. The van der Waals surface area contributed by atoms with Crippen LogP contribution < -0.4 is 10.6 Å². The van der Waals surface area contributed by atoms with Gasteiger partial charge in [0, 0.05) is 23.9 Å². The Morgan fingerprint density at radius 3 is 2.30 bits per heavy atom. The molecule has 0 aliphatic rings. The SMILES string of the molecule is N#Cc1ccc(Nc2nc(NCc3ccc(F)cc3)cc(-c3ccccc3)n2)cc1. The van der Waals surface area contributed by atoms with Crippen LogP contribution in [-0.4, -0.2) is 9.97 Å². The highest BCUT2D eigenvalue weighted by Crippen LogP contribution is 2.23. The molecule has 0 aliphatic carbocycles. The van der Waals surface area contributed by atoms with E-state index in [9.17, 15) is 4.39 Å². The summed E-state index contributed by atoms with van der Waals surface area (Å²) in [5.74, 6) is 0.813.